The molecule has 0 aliphatic carbocycles. The van der Waals surface area contributed by atoms with Crippen molar-refractivity contribution in [1.82, 2.24) is 14.9 Å². The van der Waals surface area contributed by atoms with E-state index in [9.17, 15) is 8.42 Å². The Morgan fingerprint density at radius 1 is 1.77 bits per heavy atom. The smallest absolute Gasteiger partial charge is 0.257 e. The van der Waals surface area contributed by atoms with Gasteiger partial charge in [-0.25, -0.2) is 13.1 Å². The van der Waals surface area contributed by atoms with Crippen LogP contribution < -0.4 is 4.72 Å². The van der Waals surface area contributed by atoms with Crippen molar-refractivity contribution < 1.29 is 8.42 Å². The Morgan fingerprint density at radius 2 is 2.46 bits per heavy atom. The van der Waals surface area contributed by atoms with Crippen molar-refractivity contribution in [2.24, 2.45) is 0 Å². The van der Waals surface area contributed by atoms with Crippen molar-refractivity contribution >= 4 is 21.6 Å². The van der Waals surface area contributed by atoms with Crippen molar-refractivity contribution in [1.29, 1.82) is 0 Å². The first kappa shape index (κ1) is 10.5. The number of sulfonamides is 1. The van der Waals surface area contributed by atoms with Gasteiger partial charge < -0.3 is 0 Å². The first-order chi connectivity index (χ1) is 6.02. The van der Waals surface area contributed by atoms with Crippen LogP contribution >= 0.6 is 11.6 Å². The van der Waals surface area contributed by atoms with Gasteiger partial charge in [-0.05, 0) is 13.0 Å². The Labute approximate surface area is 81.5 Å². The maximum Gasteiger partial charge on any atom is 0.257 e. The molecule has 1 heterocycles. The second kappa shape index (κ2) is 4.08. The van der Waals surface area contributed by atoms with Crippen molar-refractivity contribution in [3.8, 4) is 0 Å². The summed E-state index contributed by atoms with van der Waals surface area (Å²) in [6.07, 6.45) is 1.37. The van der Waals surface area contributed by atoms with Crippen LogP contribution in [0.15, 0.2) is 17.3 Å². The van der Waals surface area contributed by atoms with Gasteiger partial charge in [-0.15, -0.1) is 11.6 Å². The minimum atomic E-state index is -3.46. The summed E-state index contributed by atoms with van der Waals surface area (Å²) in [4.78, 5) is 0. The van der Waals surface area contributed by atoms with Gasteiger partial charge >= 0.3 is 0 Å². The Bertz CT molecular complexity index is 346. The molecule has 0 amide bonds. The molecule has 1 atom stereocenters. The average molecular weight is 224 g/mol. The first-order valence-corrected chi connectivity index (χ1v) is 5.57. The number of aromatic amines is 1. The molecular weight excluding hydrogens is 214 g/mol. The summed E-state index contributed by atoms with van der Waals surface area (Å²) in [5, 5.41) is 5.70. The van der Waals surface area contributed by atoms with Crippen LogP contribution in [0.1, 0.15) is 6.92 Å². The van der Waals surface area contributed by atoms with Crippen LogP contribution in [0.5, 0.6) is 0 Å². The monoisotopic (exact) mass is 223 g/mol. The zero-order valence-corrected chi connectivity index (χ0v) is 8.56. The molecule has 5 nitrogen and oxygen atoms in total. The molecule has 0 aromatic carbocycles. The van der Waals surface area contributed by atoms with E-state index in [1.807, 2.05) is 0 Å². The number of hydrogen-bond donors (Lipinski definition) is 2. The third kappa shape index (κ3) is 2.98. The van der Waals surface area contributed by atoms with E-state index in [1.54, 1.807) is 6.92 Å². The third-order valence-corrected chi connectivity index (χ3v) is 2.83. The lowest BCUT2D eigenvalue weighted by atomic mass is 10.5. The highest BCUT2D eigenvalue weighted by Gasteiger charge is 2.15. The van der Waals surface area contributed by atoms with E-state index < -0.39 is 10.0 Å². The summed E-state index contributed by atoms with van der Waals surface area (Å²) in [7, 11) is -3.46. The van der Waals surface area contributed by atoms with E-state index in [0.717, 1.165) is 0 Å². The minimum absolute atomic E-state index is 0.0461. The second-order valence-electron chi connectivity index (χ2n) is 2.55. The summed E-state index contributed by atoms with van der Waals surface area (Å²) in [5.41, 5.74) is 0. The lowest BCUT2D eigenvalue weighted by Crippen LogP contribution is -2.28. The van der Waals surface area contributed by atoms with Crippen LogP contribution in [0.25, 0.3) is 0 Å². The Morgan fingerprint density at radius 3 is 2.92 bits per heavy atom. The SMILES string of the molecule is CC(Cl)CNS(=O)(=O)c1ccn[nH]1. The molecule has 0 aliphatic rings. The molecular formula is C6H10ClN3O2S. The fourth-order valence-electron chi connectivity index (χ4n) is 0.695. The number of aromatic nitrogens is 2. The van der Waals surface area contributed by atoms with Crippen molar-refractivity contribution in [3.63, 3.8) is 0 Å². The minimum Gasteiger partial charge on any atom is -0.266 e. The maximum atomic E-state index is 11.4. The van der Waals surface area contributed by atoms with E-state index in [0.29, 0.717) is 0 Å². The number of nitrogens with zero attached hydrogens (tertiary/aromatic N) is 1. The standard InChI is InChI=1S/C6H10ClN3O2S/c1-5(7)4-9-13(11,12)6-2-3-8-10-6/h2-3,5,9H,4H2,1H3,(H,8,10). The highest BCUT2D eigenvalue weighted by molar-refractivity contribution is 7.89. The summed E-state index contributed by atoms with van der Waals surface area (Å²) in [6, 6.07) is 1.38. The van der Waals surface area contributed by atoms with E-state index in [-0.39, 0.29) is 16.9 Å². The molecule has 0 spiro atoms. The molecule has 2 N–H and O–H groups in total. The van der Waals surface area contributed by atoms with Gasteiger partial charge in [0.1, 0.15) is 0 Å². The molecule has 0 aliphatic heterocycles. The molecule has 0 fully saturated rings. The molecule has 74 valence electrons. The zero-order chi connectivity index (χ0) is 9.90. The maximum absolute atomic E-state index is 11.4. The van der Waals surface area contributed by atoms with Crippen LogP contribution in [-0.4, -0.2) is 30.5 Å². The topological polar surface area (TPSA) is 74.8 Å². The molecule has 7 heteroatoms. The van der Waals surface area contributed by atoms with Gasteiger partial charge in [-0.2, -0.15) is 5.10 Å². The van der Waals surface area contributed by atoms with Crippen LogP contribution in [0.3, 0.4) is 0 Å². The molecule has 1 rings (SSSR count). The number of H-pyrrole nitrogens is 1. The summed E-state index contributed by atoms with van der Waals surface area (Å²) in [6.45, 7) is 1.90. The number of alkyl halides is 1. The lowest BCUT2D eigenvalue weighted by Gasteiger charge is -2.04. The number of rotatable bonds is 4. The summed E-state index contributed by atoms with van der Waals surface area (Å²) in [5.74, 6) is 0. The highest BCUT2D eigenvalue weighted by Crippen LogP contribution is 2.02. The van der Waals surface area contributed by atoms with Crippen LogP contribution in [0.2, 0.25) is 0 Å². The highest BCUT2D eigenvalue weighted by atomic mass is 35.5. The second-order valence-corrected chi connectivity index (χ2v) is 5.03. The van der Waals surface area contributed by atoms with Gasteiger partial charge in [-0.3, -0.25) is 5.10 Å². The Hall–Kier alpha value is -0.590. The quantitative estimate of drug-likeness (QED) is 0.722. The average Bonchev–Trinajstić information content (AvgIpc) is 2.53. The van der Waals surface area contributed by atoms with Crippen LogP contribution in [0, 0.1) is 0 Å². The van der Waals surface area contributed by atoms with Crippen molar-refractivity contribution in [3.05, 3.63) is 12.3 Å². The lowest BCUT2D eigenvalue weighted by molar-refractivity contribution is 0.577. The Balaban J connectivity index is 2.68. The molecule has 1 aromatic heterocycles. The summed E-state index contributed by atoms with van der Waals surface area (Å²) < 4.78 is 25.0. The largest absolute Gasteiger partial charge is 0.266 e. The number of halogens is 1. The van der Waals surface area contributed by atoms with Crippen molar-refractivity contribution in [2.45, 2.75) is 17.3 Å². The normalized spacial score (nSPS) is 14.3. The molecule has 1 unspecified atom stereocenters. The molecule has 13 heavy (non-hydrogen) atoms. The van der Waals surface area contributed by atoms with Gasteiger partial charge in [0.05, 0.1) is 6.20 Å². The van der Waals surface area contributed by atoms with E-state index >= 15 is 0 Å². The van der Waals surface area contributed by atoms with Crippen LogP contribution in [0.4, 0.5) is 0 Å². The molecule has 0 bridgehead atoms. The van der Waals surface area contributed by atoms with E-state index in [1.165, 1.54) is 12.3 Å². The molecule has 0 radical (unpaired) electrons. The predicted octanol–water partition coefficient (Wildman–Crippen LogP) is 0.315. The molecule has 0 saturated heterocycles. The van der Waals surface area contributed by atoms with E-state index in [4.69, 9.17) is 11.6 Å². The van der Waals surface area contributed by atoms with Gasteiger partial charge in [-0.1, -0.05) is 0 Å². The predicted molar refractivity (Wildman–Crippen MR) is 49.1 cm³/mol. The third-order valence-electron chi connectivity index (χ3n) is 1.32. The fraction of sp³-hybridized carbons (Fsp3) is 0.500. The Kier molecular flexibility index (Phi) is 3.29. The van der Waals surface area contributed by atoms with Gasteiger partial charge in [0, 0.05) is 11.9 Å². The molecule has 0 saturated carbocycles. The number of hydrogen-bond acceptors (Lipinski definition) is 3. The zero-order valence-electron chi connectivity index (χ0n) is 6.99. The van der Waals surface area contributed by atoms with E-state index in [2.05, 4.69) is 14.9 Å². The number of nitrogens with one attached hydrogen (secondary N) is 2. The van der Waals surface area contributed by atoms with Crippen LogP contribution in [-0.2, 0) is 10.0 Å². The van der Waals surface area contributed by atoms with Gasteiger partial charge in [0.15, 0.2) is 5.03 Å². The van der Waals surface area contributed by atoms with Gasteiger partial charge in [0.25, 0.3) is 10.0 Å². The fourth-order valence-corrected chi connectivity index (χ4v) is 1.90. The first-order valence-electron chi connectivity index (χ1n) is 3.65. The van der Waals surface area contributed by atoms with Crippen molar-refractivity contribution in [2.75, 3.05) is 6.54 Å². The van der Waals surface area contributed by atoms with Gasteiger partial charge in [0.2, 0.25) is 0 Å². The molecule has 1 aromatic rings. The summed E-state index contributed by atoms with van der Waals surface area (Å²) >= 11 is 5.59.